The van der Waals surface area contributed by atoms with Gasteiger partial charge in [-0.1, -0.05) is 24.6 Å². The Balaban J connectivity index is 1.94. The normalized spacial score (nSPS) is 42.3. The molecular formula is C15H20O. The first-order valence-corrected chi connectivity index (χ1v) is 6.57. The zero-order valence-electron chi connectivity index (χ0n) is 10.0. The molecule has 1 heteroatoms. The first kappa shape index (κ1) is 10.3. The monoisotopic (exact) mass is 216 g/mol. The van der Waals surface area contributed by atoms with Crippen LogP contribution >= 0.6 is 0 Å². The zero-order chi connectivity index (χ0) is 11.2. The van der Waals surface area contributed by atoms with Crippen LogP contribution in [0.25, 0.3) is 0 Å². The Kier molecular flexibility index (Phi) is 2.31. The Morgan fingerprint density at radius 1 is 1.31 bits per heavy atom. The third-order valence-electron chi connectivity index (χ3n) is 5.03. The molecule has 3 rings (SSSR count). The van der Waals surface area contributed by atoms with Gasteiger partial charge in [0, 0.05) is 6.42 Å². The fourth-order valence-corrected chi connectivity index (χ4v) is 3.98. The first-order valence-electron chi connectivity index (χ1n) is 6.57. The fourth-order valence-electron chi connectivity index (χ4n) is 3.98. The number of ketones is 1. The molecule has 3 aliphatic carbocycles. The van der Waals surface area contributed by atoms with E-state index in [0.717, 1.165) is 25.2 Å². The van der Waals surface area contributed by atoms with Crippen molar-refractivity contribution in [2.45, 2.75) is 45.4 Å². The summed E-state index contributed by atoms with van der Waals surface area (Å²) in [5.74, 6) is 1.87. The topological polar surface area (TPSA) is 17.1 Å². The average Bonchev–Trinajstić information content (AvgIpc) is 2.28. The summed E-state index contributed by atoms with van der Waals surface area (Å²) in [6.45, 7) is 2.45. The molecule has 3 atom stereocenters. The minimum Gasteiger partial charge on any atom is -0.295 e. The minimum absolute atomic E-state index is 0.362. The SMILES string of the molecule is C[C@]12CC=CC[C@H]1[C@H]1CCC(=O)C=C1CC2. The molecule has 0 radical (unpaired) electrons. The summed E-state index contributed by atoms with van der Waals surface area (Å²) < 4.78 is 0. The van der Waals surface area contributed by atoms with Gasteiger partial charge in [-0.05, 0) is 55.4 Å². The number of allylic oxidation sites excluding steroid dienone is 4. The Bertz CT molecular complexity index is 377. The maximum Gasteiger partial charge on any atom is 0.155 e. The highest BCUT2D eigenvalue weighted by molar-refractivity contribution is 5.91. The van der Waals surface area contributed by atoms with E-state index in [4.69, 9.17) is 0 Å². The third kappa shape index (κ3) is 1.49. The summed E-state index contributed by atoms with van der Waals surface area (Å²) in [6.07, 6.45) is 13.5. The Morgan fingerprint density at radius 3 is 3.06 bits per heavy atom. The van der Waals surface area contributed by atoms with E-state index >= 15 is 0 Å². The predicted octanol–water partition coefficient (Wildman–Crippen LogP) is 3.66. The van der Waals surface area contributed by atoms with Crippen LogP contribution in [0.3, 0.4) is 0 Å². The quantitative estimate of drug-likeness (QED) is 0.565. The Labute approximate surface area is 97.6 Å². The van der Waals surface area contributed by atoms with E-state index < -0.39 is 0 Å². The molecule has 0 aromatic carbocycles. The maximum atomic E-state index is 11.5. The minimum atomic E-state index is 0.362. The van der Waals surface area contributed by atoms with Crippen LogP contribution in [-0.4, -0.2) is 5.78 Å². The van der Waals surface area contributed by atoms with Gasteiger partial charge in [0.2, 0.25) is 0 Å². The molecule has 0 aliphatic heterocycles. The summed E-state index contributed by atoms with van der Waals surface area (Å²) in [5.41, 5.74) is 1.98. The molecule has 0 aromatic heterocycles. The number of hydrogen-bond donors (Lipinski definition) is 0. The number of fused-ring (bicyclic) bond motifs is 3. The van der Waals surface area contributed by atoms with Crippen molar-refractivity contribution >= 4 is 5.78 Å². The summed E-state index contributed by atoms with van der Waals surface area (Å²) >= 11 is 0. The molecule has 0 aromatic rings. The lowest BCUT2D eigenvalue weighted by atomic mass is 9.55. The van der Waals surface area contributed by atoms with Gasteiger partial charge in [-0.15, -0.1) is 0 Å². The number of carbonyl (C=O) groups excluding carboxylic acids is 1. The average molecular weight is 216 g/mol. The van der Waals surface area contributed by atoms with E-state index in [1.807, 2.05) is 6.08 Å². The van der Waals surface area contributed by atoms with Crippen molar-refractivity contribution in [2.24, 2.45) is 17.3 Å². The van der Waals surface area contributed by atoms with Gasteiger partial charge < -0.3 is 0 Å². The molecule has 0 amide bonds. The smallest absolute Gasteiger partial charge is 0.155 e. The maximum absolute atomic E-state index is 11.5. The van der Waals surface area contributed by atoms with Gasteiger partial charge in [0.25, 0.3) is 0 Å². The molecule has 1 nitrogen and oxygen atoms in total. The number of carbonyl (C=O) groups is 1. The molecule has 0 bridgehead atoms. The number of rotatable bonds is 0. The standard InChI is InChI=1S/C15H20O/c1-15-8-3-2-4-14(15)13-6-5-12(16)10-11(13)7-9-15/h2-3,10,13-14H,4-9H2,1H3/t13-,14-,15+/m0/s1. The van der Waals surface area contributed by atoms with Crippen molar-refractivity contribution in [2.75, 3.05) is 0 Å². The highest BCUT2D eigenvalue weighted by Crippen LogP contribution is 2.54. The van der Waals surface area contributed by atoms with Crippen molar-refractivity contribution in [1.29, 1.82) is 0 Å². The molecule has 0 heterocycles. The summed E-state index contributed by atoms with van der Waals surface area (Å²) in [5, 5.41) is 0. The summed E-state index contributed by atoms with van der Waals surface area (Å²) in [6, 6.07) is 0. The van der Waals surface area contributed by atoms with E-state index in [1.165, 1.54) is 24.8 Å². The van der Waals surface area contributed by atoms with Crippen molar-refractivity contribution in [3.8, 4) is 0 Å². The first-order chi connectivity index (χ1) is 7.69. The van der Waals surface area contributed by atoms with Gasteiger partial charge in [-0.25, -0.2) is 0 Å². The largest absolute Gasteiger partial charge is 0.295 e. The van der Waals surface area contributed by atoms with Crippen LogP contribution in [0.5, 0.6) is 0 Å². The van der Waals surface area contributed by atoms with E-state index in [-0.39, 0.29) is 0 Å². The van der Waals surface area contributed by atoms with E-state index in [1.54, 1.807) is 0 Å². The molecule has 86 valence electrons. The van der Waals surface area contributed by atoms with Gasteiger partial charge in [0.15, 0.2) is 5.78 Å². The molecule has 1 fully saturated rings. The van der Waals surface area contributed by atoms with Crippen LogP contribution in [0.2, 0.25) is 0 Å². The third-order valence-corrected chi connectivity index (χ3v) is 5.03. The highest BCUT2D eigenvalue weighted by Gasteiger charge is 2.44. The van der Waals surface area contributed by atoms with Gasteiger partial charge in [-0.2, -0.15) is 0 Å². The van der Waals surface area contributed by atoms with Crippen molar-refractivity contribution < 1.29 is 4.79 Å². The van der Waals surface area contributed by atoms with Gasteiger partial charge >= 0.3 is 0 Å². The van der Waals surface area contributed by atoms with Crippen LogP contribution < -0.4 is 0 Å². The highest BCUT2D eigenvalue weighted by atomic mass is 16.1. The fraction of sp³-hybridized carbons (Fsp3) is 0.667. The second-order valence-electron chi connectivity index (χ2n) is 6.00. The molecule has 0 unspecified atom stereocenters. The van der Waals surface area contributed by atoms with Crippen molar-refractivity contribution in [3.63, 3.8) is 0 Å². The van der Waals surface area contributed by atoms with Gasteiger partial charge in [0.05, 0.1) is 0 Å². The van der Waals surface area contributed by atoms with Gasteiger partial charge in [0.1, 0.15) is 0 Å². The summed E-state index contributed by atoms with van der Waals surface area (Å²) in [4.78, 5) is 11.5. The second-order valence-corrected chi connectivity index (χ2v) is 6.00. The lowest BCUT2D eigenvalue weighted by molar-refractivity contribution is -0.115. The lowest BCUT2D eigenvalue weighted by Gasteiger charge is -2.49. The molecule has 0 spiro atoms. The van der Waals surface area contributed by atoms with E-state index in [2.05, 4.69) is 19.1 Å². The predicted molar refractivity (Wildman–Crippen MR) is 65.0 cm³/mol. The molecule has 0 saturated heterocycles. The Hall–Kier alpha value is -0.850. The molecule has 3 aliphatic rings. The van der Waals surface area contributed by atoms with Crippen LogP contribution in [0.15, 0.2) is 23.8 Å². The zero-order valence-corrected chi connectivity index (χ0v) is 10.0. The summed E-state index contributed by atoms with van der Waals surface area (Å²) in [7, 11) is 0. The van der Waals surface area contributed by atoms with Gasteiger partial charge in [-0.3, -0.25) is 4.79 Å². The molecule has 0 N–H and O–H groups in total. The Morgan fingerprint density at radius 2 is 2.19 bits per heavy atom. The van der Waals surface area contributed by atoms with E-state index in [9.17, 15) is 4.79 Å². The van der Waals surface area contributed by atoms with Crippen molar-refractivity contribution in [1.82, 2.24) is 0 Å². The van der Waals surface area contributed by atoms with Crippen LogP contribution in [-0.2, 0) is 4.79 Å². The number of hydrogen-bond acceptors (Lipinski definition) is 1. The van der Waals surface area contributed by atoms with Crippen LogP contribution in [0, 0.1) is 17.3 Å². The van der Waals surface area contributed by atoms with Crippen molar-refractivity contribution in [3.05, 3.63) is 23.8 Å². The molecule has 1 saturated carbocycles. The molecule has 16 heavy (non-hydrogen) atoms. The lowest BCUT2D eigenvalue weighted by Crippen LogP contribution is -2.40. The van der Waals surface area contributed by atoms with E-state index in [0.29, 0.717) is 17.1 Å². The van der Waals surface area contributed by atoms with Crippen LogP contribution in [0.4, 0.5) is 0 Å². The molecular weight excluding hydrogens is 196 g/mol. The second kappa shape index (κ2) is 3.58. The van der Waals surface area contributed by atoms with Crippen LogP contribution in [0.1, 0.15) is 45.4 Å².